The third-order valence-corrected chi connectivity index (χ3v) is 6.80. The summed E-state index contributed by atoms with van der Waals surface area (Å²) in [6, 6.07) is 1.68. The summed E-state index contributed by atoms with van der Waals surface area (Å²) in [6.45, 7) is 4.57. The van der Waals surface area contributed by atoms with Crippen LogP contribution in [0.2, 0.25) is 0 Å². The van der Waals surface area contributed by atoms with Crippen molar-refractivity contribution in [3.05, 3.63) is 16.3 Å². The third kappa shape index (κ3) is 2.38. The van der Waals surface area contributed by atoms with E-state index in [0.29, 0.717) is 17.3 Å². The average molecular weight is 294 g/mol. The van der Waals surface area contributed by atoms with E-state index in [9.17, 15) is 8.42 Å². The number of thiophene rings is 1. The lowest BCUT2D eigenvalue weighted by Crippen LogP contribution is -2.42. The smallest absolute Gasteiger partial charge is 0.207 e. The second-order valence-electron chi connectivity index (χ2n) is 4.88. The number of hydrogen-bond donors (Lipinski definition) is 0. The molecule has 1 aliphatic heterocycles. The van der Waals surface area contributed by atoms with Crippen LogP contribution in [0.1, 0.15) is 31.6 Å². The molecule has 2 heterocycles. The van der Waals surface area contributed by atoms with Crippen LogP contribution in [0.15, 0.2) is 16.3 Å². The van der Waals surface area contributed by atoms with E-state index in [-0.39, 0.29) is 5.54 Å². The normalized spacial score (nSPS) is 20.9. The summed E-state index contributed by atoms with van der Waals surface area (Å²) in [5, 5.41) is 1.68. The zero-order valence-electron chi connectivity index (χ0n) is 9.94. The third-order valence-electron chi connectivity index (χ3n) is 3.17. The minimum Gasteiger partial charge on any atom is -0.207 e. The van der Waals surface area contributed by atoms with E-state index in [1.807, 2.05) is 13.8 Å². The van der Waals surface area contributed by atoms with E-state index in [0.717, 1.165) is 17.7 Å². The predicted molar refractivity (Wildman–Crippen MR) is 71.1 cm³/mol. The molecule has 1 aromatic heterocycles. The summed E-state index contributed by atoms with van der Waals surface area (Å²) in [5.41, 5.74) is -0.276. The highest BCUT2D eigenvalue weighted by molar-refractivity contribution is 7.89. The van der Waals surface area contributed by atoms with Gasteiger partial charge in [0.05, 0.1) is 10.8 Å². The van der Waals surface area contributed by atoms with Gasteiger partial charge in [0.2, 0.25) is 10.0 Å². The highest BCUT2D eigenvalue weighted by Crippen LogP contribution is 2.35. The fraction of sp³-hybridized carbons (Fsp3) is 0.636. The molecule has 0 unspecified atom stereocenters. The van der Waals surface area contributed by atoms with Gasteiger partial charge in [-0.05, 0) is 32.8 Å². The van der Waals surface area contributed by atoms with Crippen molar-refractivity contribution in [3.8, 4) is 0 Å². The van der Waals surface area contributed by atoms with Crippen LogP contribution in [0.4, 0.5) is 0 Å². The van der Waals surface area contributed by atoms with E-state index in [2.05, 4.69) is 0 Å². The Morgan fingerprint density at radius 3 is 2.71 bits per heavy atom. The van der Waals surface area contributed by atoms with E-state index >= 15 is 0 Å². The van der Waals surface area contributed by atoms with Gasteiger partial charge in [0, 0.05) is 22.3 Å². The Hall–Kier alpha value is -0.100. The van der Waals surface area contributed by atoms with Gasteiger partial charge in [-0.25, -0.2) is 8.42 Å². The number of rotatable bonds is 3. The van der Waals surface area contributed by atoms with Crippen molar-refractivity contribution in [2.75, 3.05) is 6.54 Å². The molecule has 1 aromatic rings. The molecule has 2 rings (SSSR count). The molecule has 17 heavy (non-hydrogen) atoms. The van der Waals surface area contributed by atoms with Crippen molar-refractivity contribution < 1.29 is 8.42 Å². The van der Waals surface area contributed by atoms with Crippen LogP contribution in [-0.4, -0.2) is 24.8 Å². The minimum atomic E-state index is -3.35. The number of sulfonamides is 1. The summed E-state index contributed by atoms with van der Waals surface area (Å²) >= 11 is 7.11. The van der Waals surface area contributed by atoms with Gasteiger partial charge in [-0.2, -0.15) is 4.31 Å². The summed E-state index contributed by atoms with van der Waals surface area (Å²) in [4.78, 5) is 1.27. The Morgan fingerprint density at radius 2 is 2.24 bits per heavy atom. The molecule has 6 heteroatoms. The van der Waals surface area contributed by atoms with Gasteiger partial charge in [0.1, 0.15) is 0 Å². The Bertz CT molecular complexity index is 507. The van der Waals surface area contributed by atoms with Crippen LogP contribution in [0.3, 0.4) is 0 Å². The van der Waals surface area contributed by atoms with Crippen LogP contribution in [-0.2, 0) is 15.9 Å². The molecule has 3 nitrogen and oxygen atoms in total. The first-order valence-electron chi connectivity index (χ1n) is 5.54. The number of halogens is 1. The van der Waals surface area contributed by atoms with Crippen LogP contribution < -0.4 is 0 Å². The molecular weight excluding hydrogens is 278 g/mol. The van der Waals surface area contributed by atoms with E-state index in [1.165, 1.54) is 11.3 Å². The average Bonchev–Trinajstić information content (AvgIpc) is 2.83. The SMILES string of the molecule is CC1(C)CCCN1S(=O)(=O)c1csc(CCl)c1. The quantitative estimate of drug-likeness (QED) is 0.803. The summed E-state index contributed by atoms with van der Waals surface area (Å²) in [5.74, 6) is 0.365. The molecule has 0 saturated carbocycles. The van der Waals surface area contributed by atoms with E-state index in [4.69, 9.17) is 11.6 Å². The first-order valence-corrected chi connectivity index (χ1v) is 8.39. The van der Waals surface area contributed by atoms with Crippen molar-refractivity contribution in [1.29, 1.82) is 0 Å². The molecule has 0 N–H and O–H groups in total. The molecule has 1 aliphatic rings. The lowest BCUT2D eigenvalue weighted by atomic mass is 10.0. The lowest BCUT2D eigenvalue weighted by molar-refractivity contribution is 0.292. The Labute approximate surface area is 111 Å². The van der Waals surface area contributed by atoms with Crippen LogP contribution >= 0.6 is 22.9 Å². The number of nitrogens with zero attached hydrogens (tertiary/aromatic N) is 1. The lowest BCUT2D eigenvalue weighted by Gasteiger charge is -2.30. The van der Waals surface area contributed by atoms with Gasteiger partial charge in [0.15, 0.2) is 0 Å². The van der Waals surface area contributed by atoms with Crippen molar-refractivity contribution in [1.82, 2.24) is 4.31 Å². The maximum absolute atomic E-state index is 12.5. The summed E-state index contributed by atoms with van der Waals surface area (Å²) in [7, 11) is -3.35. The summed E-state index contributed by atoms with van der Waals surface area (Å²) in [6.07, 6.45) is 1.84. The highest BCUT2D eigenvalue weighted by atomic mass is 35.5. The van der Waals surface area contributed by atoms with Crippen molar-refractivity contribution in [2.45, 2.75) is 43.0 Å². The molecule has 1 fully saturated rings. The molecule has 0 bridgehead atoms. The fourth-order valence-corrected chi connectivity index (χ4v) is 5.44. The molecular formula is C11H16ClNO2S2. The molecule has 0 aliphatic carbocycles. The van der Waals surface area contributed by atoms with Crippen LogP contribution in [0.5, 0.6) is 0 Å². The zero-order valence-corrected chi connectivity index (χ0v) is 12.3. The molecule has 0 atom stereocenters. The highest BCUT2D eigenvalue weighted by Gasteiger charge is 2.41. The van der Waals surface area contributed by atoms with Crippen molar-refractivity contribution in [2.24, 2.45) is 0 Å². The maximum atomic E-state index is 12.5. The monoisotopic (exact) mass is 293 g/mol. The molecule has 0 amide bonds. The molecule has 0 radical (unpaired) electrons. The summed E-state index contributed by atoms with van der Waals surface area (Å²) < 4.78 is 26.5. The van der Waals surface area contributed by atoms with E-state index in [1.54, 1.807) is 15.8 Å². The van der Waals surface area contributed by atoms with Crippen molar-refractivity contribution >= 4 is 33.0 Å². The molecule has 0 spiro atoms. The largest absolute Gasteiger partial charge is 0.244 e. The second-order valence-corrected chi connectivity index (χ2v) is 8.00. The van der Waals surface area contributed by atoms with Gasteiger partial charge in [0.25, 0.3) is 0 Å². The fourth-order valence-electron chi connectivity index (χ4n) is 2.22. The molecule has 96 valence electrons. The first-order chi connectivity index (χ1) is 7.88. The predicted octanol–water partition coefficient (Wildman–Crippen LogP) is 3.05. The Morgan fingerprint density at radius 1 is 1.53 bits per heavy atom. The Kier molecular flexibility index (Phi) is 3.56. The first kappa shape index (κ1) is 13.3. The van der Waals surface area contributed by atoms with Crippen molar-refractivity contribution in [3.63, 3.8) is 0 Å². The van der Waals surface area contributed by atoms with Gasteiger partial charge >= 0.3 is 0 Å². The topological polar surface area (TPSA) is 37.4 Å². The van der Waals surface area contributed by atoms with Gasteiger partial charge in [-0.15, -0.1) is 22.9 Å². The second kappa shape index (κ2) is 4.53. The molecule has 0 aromatic carbocycles. The standard InChI is InChI=1S/C11H16ClNO2S2/c1-11(2)4-3-5-13(11)17(14,15)10-6-9(7-12)16-8-10/h6,8H,3-5,7H2,1-2H3. The van der Waals surface area contributed by atoms with Gasteiger partial charge < -0.3 is 0 Å². The van der Waals surface area contributed by atoms with Crippen LogP contribution in [0.25, 0.3) is 0 Å². The minimum absolute atomic E-state index is 0.276. The van der Waals surface area contributed by atoms with E-state index < -0.39 is 10.0 Å². The van der Waals surface area contributed by atoms with Gasteiger partial charge in [-0.3, -0.25) is 0 Å². The van der Waals surface area contributed by atoms with Gasteiger partial charge in [-0.1, -0.05) is 0 Å². The Balaban J connectivity index is 2.36. The number of hydrogen-bond acceptors (Lipinski definition) is 3. The van der Waals surface area contributed by atoms with Crippen LogP contribution in [0, 0.1) is 0 Å². The maximum Gasteiger partial charge on any atom is 0.244 e. The molecule has 1 saturated heterocycles. The zero-order chi connectivity index (χ0) is 12.7. The number of alkyl halides is 1.